The van der Waals surface area contributed by atoms with Crippen LogP contribution in [0.2, 0.25) is 0 Å². The second-order valence-corrected chi connectivity index (χ2v) is 5.30. The highest BCUT2D eigenvalue weighted by Gasteiger charge is 2.10. The number of hydrogen-bond donors (Lipinski definition) is 0. The molecule has 4 aromatic rings. The minimum absolute atomic E-state index is 0.212. The Labute approximate surface area is 126 Å². The highest BCUT2D eigenvalue weighted by atomic mass is 16.3. The van der Waals surface area contributed by atoms with E-state index in [9.17, 15) is 4.79 Å². The van der Waals surface area contributed by atoms with Crippen LogP contribution in [0.25, 0.3) is 32.7 Å². The van der Waals surface area contributed by atoms with E-state index in [0.717, 1.165) is 38.3 Å². The van der Waals surface area contributed by atoms with Crippen LogP contribution in [0, 0.1) is 0 Å². The van der Waals surface area contributed by atoms with Crippen LogP contribution in [0.15, 0.2) is 64.0 Å². The first-order valence-electron chi connectivity index (χ1n) is 7.11. The first-order valence-corrected chi connectivity index (χ1v) is 7.11. The van der Waals surface area contributed by atoms with Gasteiger partial charge in [-0.05, 0) is 29.1 Å². The smallest absolute Gasteiger partial charge is 0.242 e. The van der Waals surface area contributed by atoms with Crippen molar-refractivity contribution in [3.8, 4) is 0 Å². The van der Waals surface area contributed by atoms with Crippen molar-refractivity contribution in [2.75, 3.05) is 0 Å². The number of hydrogen-bond acceptors (Lipinski definition) is 2. The maximum absolute atomic E-state index is 10.9. The van der Waals surface area contributed by atoms with E-state index in [2.05, 4.69) is 29.3 Å². The van der Waals surface area contributed by atoms with Crippen molar-refractivity contribution in [1.29, 1.82) is 0 Å². The zero-order valence-electron chi connectivity index (χ0n) is 12.0. The largest absolute Gasteiger partial charge is 0.455 e. The van der Waals surface area contributed by atoms with Crippen molar-refractivity contribution < 1.29 is 9.21 Å². The minimum atomic E-state index is -0.212. The van der Waals surface area contributed by atoms with Gasteiger partial charge in [-0.2, -0.15) is 0 Å². The molecule has 0 unspecified atom stereocenters. The molecule has 0 fully saturated rings. The summed E-state index contributed by atoms with van der Waals surface area (Å²) in [5.41, 5.74) is 2.55. The van der Waals surface area contributed by atoms with Gasteiger partial charge >= 0.3 is 0 Å². The third-order valence-corrected chi connectivity index (χ3v) is 3.78. The first-order chi connectivity index (χ1) is 10.7. The van der Waals surface area contributed by atoms with Crippen molar-refractivity contribution in [1.82, 2.24) is 0 Å². The maximum atomic E-state index is 10.9. The van der Waals surface area contributed by atoms with Gasteiger partial charge in [-0.3, -0.25) is 4.79 Å². The lowest BCUT2D eigenvalue weighted by atomic mass is 10.1. The number of carbonyl (C=O) groups excluding carboxylic acids is 1. The Morgan fingerprint density at radius 2 is 1.82 bits per heavy atom. The lowest BCUT2D eigenvalue weighted by molar-refractivity contribution is -0.115. The molecule has 0 atom stereocenters. The van der Waals surface area contributed by atoms with Gasteiger partial charge < -0.3 is 4.42 Å². The van der Waals surface area contributed by atoms with Crippen LogP contribution >= 0.6 is 0 Å². The van der Waals surface area contributed by atoms with Crippen molar-refractivity contribution in [3.63, 3.8) is 0 Å². The van der Waals surface area contributed by atoms with E-state index in [1.165, 1.54) is 6.92 Å². The summed E-state index contributed by atoms with van der Waals surface area (Å²) < 4.78 is 6.07. The molecule has 22 heavy (non-hydrogen) atoms. The van der Waals surface area contributed by atoms with E-state index in [1.54, 1.807) is 6.21 Å². The van der Waals surface area contributed by atoms with Crippen molar-refractivity contribution in [2.24, 2.45) is 4.99 Å². The zero-order valence-corrected chi connectivity index (χ0v) is 12.0. The van der Waals surface area contributed by atoms with E-state index in [1.807, 2.05) is 30.3 Å². The standard InChI is InChI=1S/C19H13NO2/c1-12(21)20-11-13-6-8-16-17-9-7-14-4-2-3-5-15(14)19(17)22-18(16)10-13/h2-11H,1H3/b20-11+. The molecule has 0 radical (unpaired) electrons. The summed E-state index contributed by atoms with van der Waals surface area (Å²) in [4.78, 5) is 14.7. The Morgan fingerprint density at radius 3 is 2.68 bits per heavy atom. The van der Waals surface area contributed by atoms with Crippen LogP contribution in [-0.4, -0.2) is 12.1 Å². The van der Waals surface area contributed by atoms with E-state index < -0.39 is 0 Å². The number of benzene rings is 3. The third kappa shape index (κ3) is 1.99. The van der Waals surface area contributed by atoms with Crippen LogP contribution in [0.3, 0.4) is 0 Å². The Hall–Kier alpha value is -2.94. The number of furan rings is 1. The molecule has 3 heteroatoms. The second kappa shape index (κ2) is 4.81. The number of amides is 1. The fourth-order valence-electron chi connectivity index (χ4n) is 2.77. The van der Waals surface area contributed by atoms with E-state index >= 15 is 0 Å². The number of aliphatic imine (C=N–C) groups is 1. The molecule has 0 spiro atoms. The third-order valence-electron chi connectivity index (χ3n) is 3.78. The molecule has 1 heterocycles. The van der Waals surface area contributed by atoms with Crippen LogP contribution in [0.5, 0.6) is 0 Å². The maximum Gasteiger partial charge on any atom is 0.242 e. The number of carbonyl (C=O) groups is 1. The fraction of sp³-hybridized carbons (Fsp3) is 0.0526. The predicted molar refractivity (Wildman–Crippen MR) is 89.5 cm³/mol. The molecule has 1 amide bonds. The van der Waals surface area contributed by atoms with Gasteiger partial charge in [0.05, 0.1) is 0 Å². The molecule has 0 bridgehead atoms. The Kier molecular flexibility index (Phi) is 2.79. The molecular formula is C19H13NO2. The number of nitrogens with zero attached hydrogens (tertiary/aromatic N) is 1. The lowest BCUT2D eigenvalue weighted by Crippen LogP contribution is -1.86. The molecule has 1 aromatic heterocycles. The average molecular weight is 287 g/mol. The van der Waals surface area contributed by atoms with Gasteiger partial charge in [-0.1, -0.05) is 36.4 Å². The van der Waals surface area contributed by atoms with Gasteiger partial charge in [0.2, 0.25) is 5.91 Å². The highest BCUT2D eigenvalue weighted by Crippen LogP contribution is 2.34. The molecule has 0 saturated carbocycles. The zero-order chi connectivity index (χ0) is 15.1. The normalized spacial score (nSPS) is 11.9. The van der Waals surface area contributed by atoms with Crippen molar-refractivity contribution in [3.05, 3.63) is 60.2 Å². The Balaban J connectivity index is 2.00. The quantitative estimate of drug-likeness (QED) is 0.476. The van der Waals surface area contributed by atoms with Crippen LogP contribution in [0.1, 0.15) is 12.5 Å². The van der Waals surface area contributed by atoms with E-state index in [4.69, 9.17) is 4.42 Å². The lowest BCUT2D eigenvalue weighted by Gasteiger charge is -1.97. The molecule has 4 rings (SSSR count). The summed E-state index contributed by atoms with van der Waals surface area (Å²) >= 11 is 0. The topological polar surface area (TPSA) is 42.6 Å². The molecular weight excluding hydrogens is 274 g/mol. The molecule has 3 aromatic carbocycles. The summed E-state index contributed by atoms with van der Waals surface area (Å²) in [5.74, 6) is -0.212. The second-order valence-electron chi connectivity index (χ2n) is 5.30. The fourth-order valence-corrected chi connectivity index (χ4v) is 2.77. The van der Waals surface area contributed by atoms with Crippen LogP contribution in [0.4, 0.5) is 0 Å². The molecule has 0 aliphatic rings. The summed E-state index contributed by atoms with van der Waals surface area (Å²) in [6, 6.07) is 18.2. The Morgan fingerprint density at radius 1 is 1.00 bits per heavy atom. The SMILES string of the molecule is CC(=O)/N=C/c1ccc2c(c1)oc1c3ccccc3ccc21. The van der Waals surface area contributed by atoms with Gasteiger partial charge in [0, 0.05) is 29.3 Å². The molecule has 0 N–H and O–H groups in total. The van der Waals surface area contributed by atoms with Gasteiger partial charge in [0.15, 0.2) is 0 Å². The number of fused-ring (bicyclic) bond motifs is 5. The van der Waals surface area contributed by atoms with Crippen molar-refractivity contribution in [2.45, 2.75) is 6.92 Å². The molecule has 0 aliphatic carbocycles. The molecule has 0 aliphatic heterocycles. The van der Waals surface area contributed by atoms with Gasteiger partial charge in [-0.25, -0.2) is 4.99 Å². The van der Waals surface area contributed by atoms with Gasteiger partial charge in [-0.15, -0.1) is 0 Å². The van der Waals surface area contributed by atoms with Gasteiger partial charge in [0.1, 0.15) is 11.2 Å². The average Bonchev–Trinajstić information content (AvgIpc) is 2.91. The van der Waals surface area contributed by atoms with Crippen molar-refractivity contribution >= 4 is 44.8 Å². The summed E-state index contributed by atoms with van der Waals surface area (Å²) in [6.07, 6.45) is 1.56. The van der Waals surface area contributed by atoms with Gasteiger partial charge in [0.25, 0.3) is 0 Å². The highest BCUT2D eigenvalue weighted by molar-refractivity contribution is 6.15. The minimum Gasteiger partial charge on any atom is -0.455 e. The van der Waals surface area contributed by atoms with Crippen LogP contribution in [-0.2, 0) is 4.79 Å². The molecule has 0 saturated heterocycles. The monoisotopic (exact) mass is 287 g/mol. The molecule has 3 nitrogen and oxygen atoms in total. The van der Waals surface area contributed by atoms with E-state index in [0.29, 0.717) is 0 Å². The molecule has 106 valence electrons. The van der Waals surface area contributed by atoms with E-state index in [-0.39, 0.29) is 5.91 Å². The summed E-state index contributed by atoms with van der Waals surface area (Å²) in [7, 11) is 0. The summed E-state index contributed by atoms with van der Waals surface area (Å²) in [6.45, 7) is 1.43. The number of rotatable bonds is 1. The Bertz CT molecular complexity index is 1060. The predicted octanol–water partition coefficient (Wildman–Crippen LogP) is 4.70. The van der Waals surface area contributed by atoms with Crippen LogP contribution < -0.4 is 0 Å². The first kappa shape index (κ1) is 12.8. The summed E-state index contributed by atoms with van der Waals surface area (Å²) in [5, 5.41) is 4.44.